The van der Waals surface area contributed by atoms with Gasteiger partial charge in [-0.15, -0.1) is 0 Å². The normalized spacial score (nSPS) is 10.9. The van der Waals surface area contributed by atoms with Crippen molar-refractivity contribution in [2.75, 3.05) is 29.5 Å². The van der Waals surface area contributed by atoms with Gasteiger partial charge in [0.25, 0.3) is 0 Å². The summed E-state index contributed by atoms with van der Waals surface area (Å²) >= 11 is 0. The number of sulfonamides is 1. The maximum atomic E-state index is 11.5. The predicted octanol–water partition coefficient (Wildman–Crippen LogP) is 1.16. The van der Waals surface area contributed by atoms with Gasteiger partial charge in [0.2, 0.25) is 10.0 Å². The van der Waals surface area contributed by atoms with Crippen LogP contribution in [0.3, 0.4) is 0 Å². The van der Waals surface area contributed by atoms with E-state index in [9.17, 15) is 13.2 Å². The fraction of sp³-hybridized carbons (Fsp3) is 0.300. The molecule has 1 aromatic carbocycles. The number of amides is 1. The highest BCUT2D eigenvalue weighted by molar-refractivity contribution is 7.92. The van der Waals surface area contributed by atoms with E-state index in [-0.39, 0.29) is 12.4 Å². The molecule has 0 atom stereocenters. The van der Waals surface area contributed by atoms with Gasteiger partial charge in [0.15, 0.2) is 0 Å². The maximum absolute atomic E-state index is 11.5. The van der Waals surface area contributed by atoms with Crippen LogP contribution >= 0.6 is 0 Å². The number of ether oxygens (including phenoxy) is 1. The summed E-state index contributed by atoms with van der Waals surface area (Å²) in [5.41, 5.74) is 0.726. The van der Waals surface area contributed by atoms with Gasteiger partial charge in [0.05, 0.1) is 12.4 Å². The SMILES string of the molecule is COCCS(=O)(=O)Nc1ccc(NC(=O)O)cc1. The predicted molar refractivity (Wildman–Crippen MR) is 67.4 cm³/mol. The van der Waals surface area contributed by atoms with Crippen molar-refractivity contribution in [3.8, 4) is 0 Å². The number of anilines is 2. The number of benzene rings is 1. The number of methoxy groups -OCH3 is 1. The van der Waals surface area contributed by atoms with Gasteiger partial charge in [-0.3, -0.25) is 10.0 Å². The maximum Gasteiger partial charge on any atom is 0.409 e. The second-order valence-electron chi connectivity index (χ2n) is 3.42. The first-order valence-corrected chi connectivity index (χ1v) is 6.67. The molecule has 0 spiro atoms. The van der Waals surface area contributed by atoms with E-state index in [1.165, 1.54) is 31.4 Å². The molecule has 0 heterocycles. The molecular weight excluding hydrogens is 260 g/mol. The highest BCUT2D eigenvalue weighted by Gasteiger charge is 2.09. The molecule has 0 aliphatic carbocycles. The van der Waals surface area contributed by atoms with Crippen molar-refractivity contribution in [3.63, 3.8) is 0 Å². The molecule has 18 heavy (non-hydrogen) atoms. The molecule has 7 nitrogen and oxygen atoms in total. The van der Waals surface area contributed by atoms with E-state index in [0.29, 0.717) is 11.4 Å². The molecule has 100 valence electrons. The lowest BCUT2D eigenvalue weighted by atomic mass is 10.3. The topological polar surface area (TPSA) is 105 Å². The molecule has 0 aromatic heterocycles. The summed E-state index contributed by atoms with van der Waals surface area (Å²) in [6, 6.07) is 5.86. The van der Waals surface area contributed by atoms with E-state index < -0.39 is 16.1 Å². The number of carboxylic acid groups (broad SMARTS) is 1. The summed E-state index contributed by atoms with van der Waals surface area (Å²) in [7, 11) is -2.03. The van der Waals surface area contributed by atoms with Gasteiger partial charge < -0.3 is 9.84 Å². The van der Waals surface area contributed by atoms with E-state index in [4.69, 9.17) is 5.11 Å². The Morgan fingerprint density at radius 2 is 1.83 bits per heavy atom. The zero-order valence-corrected chi connectivity index (χ0v) is 10.5. The van der Waals surface area contributed by atoms with E-state index in [1.807, 2.05) is 0 Å². The van der Waals surface area contributed by atoms with Gasteiger partial charge in [-0.05, 0) is 24.3 Å². The molecule has 0 saturated heterocycles. The zero-order chi connectivity index (χ0) is 13.6. The van der Waals surface area contributed by atoms with E-state index in [1.54, 1.807) is 0 Å². The molecule has 1 rings (SSSR count). The van der Waals surface area contributed by atoms with Crippen molar-refractivity contribution in [3.05, 3.63) is 24.3 Å². The Kier molecular flexibility index (Phi) is 4.93. The lowest BCUT2D eigenvalue weighted by molar-refractivity contribution is 0.209. The first-order valence-electron chi connectivity index (χ1n) is 5.02. The van der Waals surface area contributed by atoms with Gasteiger partial charge in [-0.1, -0.05) is 0 Å². The van der Waals surface area contributed by atoms with Crippen LogP contribution < -0.4 is 10.0 Å². The second kappa shape index (κ2) is 6.22. The largest absolute Gasteiger partial charge is 0.465 e. The monoisotopic (exact) mass is 274 g/mol. The van der Waals surface area contributed by atoms with Crippen LogP contribution in [0.2, 0.25) is 0 Å². The zero-order valence-electron chi connectivity index (χ0n) is 9.71. The third-order valence-corrected chi connectivity index (χ3v) is 3.22. The van der Waals surface area contributed by atoms with Crippen molar-refractivity contribution in [2.24, 2.45) is 0 Å². The Morgan fingerprint density at radius 1 is 1.28 bits per heavy atom. The molecule has 0 saturated carbocycles. The van der Waals surface area contributed by atoms with Crippen LogP contribution in [0.25, 0.3) is 0 Å². The van der Waals surface area contributed by atoms with Crippen LogP contribution in [0.4, 0.5) is 16.2 Å². The molecule has 0 unspecified atom stereocenters. The molecule has 3 N–H and O–H groups in total. The quantitative estimate of drug-likeness (QED) is 0.722. The minimum Gasteiger partial charge on any atom is -0.465 e. The summed E-state index contributed by atoms with van der Waals surface area (Å²) in [6.07, 6.45) is -1.18. The highest BCUT2D eigenvalue weighted by atomic mass is 32.2. The van der Waals surface area contributed by atoms with Gasteiger partial charge in [-0.25, -0.2) is 13.2 Å². The number of hydrogen-bond acceptors (Lipinski definition) is 4. The van der Waals surface area contributed by atoms with Crippen LogP contribution in [-0.4, -0.2) is 39.1 Å². The minimum absolute atomic E-state index is 0.105. The molecule has 0 radical (unpaired) electrons. The lowest BCUT2D eigenvalue weighted by Crippen LogP contribution is -2.19. The Bertz CT molecular complexity index is 498. The summed E-state index contributed by atoms with van der Waals surface area (Å²) in [5, 5.41) is 10.6. The smallest absolute Gasteiger partial charge is 0.409 e. The highest BCUT2D eigenvalue weighted by Crippen LogP contribution is 2.14. The molecule has 0 fully saturated rings. The average molecular weight is 274 g/mol. The summed E-state index contributed by atoms with van der Waals surface area (Å²) in [5.74, 6) is -0.140. The van der Waals surface area contributed by atoms with Crippen molar-refractivity contribution < 1.29 is 23.1 Å². The van der Waals surface area contributed by atoms with Crippen LogP contribution in [0.15, 0.2) is 24.3 Å². The molecule has 1 aromatic rings. The fourth-order valence-corrected chi connectivity index (χ4v) is 2.15. The fourth-order valence-electron chi connectivity index (χ4n) is 1.17. The Labute approximate surface area is 105 Å². The third-order valence-electron chi connectivity index (χ3n) is 1.97. The molecule has 0 aliphatic rings. The van der Waals surface area contributed by atoms with Crippen LogP contribution in [-0.2, 0) is 14.8 Å². The third kappa shape index (κ3) is 5.02. The summed E-state index contributed by atoms with van der Waals surface area (Å²) < 4.78 is 30.1. The lowest BCUT2D eigenvalue weighted by Gasteiger charge is -2.08. The first-order chi connectivity index (χ1) is 8.43. The van der Waals surface area contributed by atoms with E-state index >= 15 is 0 Å². The van der Waals surface area contributed by atoms with Gasteiger partial charge in [0.1, 0.15) is 0 Å². The molecule has 0 bridgehead atoms. The van der Waals surface area contributed by atoms with Crippen LogP contribution in [0, 0.1) is 0 Å². The molecule has 1 amide bonds. The molecular formula is C10H14N2O5S. The minimum atomic E-state index is -3.44. The van der Waals surface area contributed by atoms with Gasteiger partial charge in [-0.2, -0.15) is 0 Å². The van der Waals surface area contributed by atoms with Gasteiger partial charge in [0, 0.05) is 18.5 Å². The first kappa shape index (κ1) is 14.3. The van der Waals surface area contributed by atoms with Crippen molar-refractivity contribution in [1.29, 1.82) is 0 Å². The number of rotatable bonds is 6. The summed E-state index contributed by atoms with van der Waals surface area (Å²) in [6.45, 7) is 0.105. The van der Waals surface area contributed by atoms with E-state index in [2.05, 4.69) is 14.8 Å². The summed E-state index contributed by atoms with van der Waals surface area (Å²) in [4.78, 5) is 10.4. The van der Waals surface area contributed by atoms with Crippen LogP contribution in [0.5, 0.6) is 0 Å². The standard InChI is InChI=1S/C10H14N2O5S/c1-17-6-7-18(15,16)12-9-4-2-8(3-5-9)11-10(13)14/h2-5,11-12H,6-7H2,1H3,(H,13,14). The van der Waals surface area contributed by atoms with Crippen molar-refractivity contribution in [2.45, 2.75) is 0 Å². The van der Waals surface area contributed by atoms with Gasteiger partial charge >= 0.3 is 6.09 Å². The van der Waals surface area contributed by atoms with Crippen molar-refractivity contribution >= 4 is 27.5 Å². The van der Waals surface area contributed by atoms with Crippen molar-refractivity contribution in [1.82, 2.24) is 0 Å². The molecule has 8 heteroatoms. The Morgan fingerprint density at radius 3 is 2.33 bits per heavy atom. The molecule has 0 aliphatic heterocycles. The van der Waals surface area contributed by atoms with E-state index in [0.717, 1.165) is 0 Å². The second-order valence-corrected chi connectivity index (χ2v) is 5.26. The number of nitrogens with one attached hydrogen (secondary N) is 2. The number of carbonyl (C=O) groups is 1. The Balaban J connectivity index is 2.66. The number of hydrogen-bond donors (Lipinski definition) is 3. The Hall–Kier alpha value is -1.80. The van der Waals surface area contributed by atoms with Crippen LogP contribution in [0.1, 0.15) is 0 Å². The average Bonchev–Trinajstić information content (AvgIpc) is 2.28.